The van der Waals surface area contributed by atoms with Crippen LogP contribution in [0.25, 0.3) is 0 Å². The molecule has 5 nitrogen and oxygen atoms in total. The molecule has 2 aliphatic rings. The average Bonchev–Trinajstić information content (AvgIpc) is 3.02. The van der Waals surface area contributed by atoms with Crippen molar-refractivity contribution in [1.82, 2.24) is 10.6 Å². The van der Waals surface area contributed by atoms with Crippen molar-refractivity contribution in [2.45, 2.75) is 0 Å². The normalized spacial score (nSPS) is 18.4. The van der Waals surface area contributed by atoms with E-state index < -0.39 is 0 Å². The van der Waals surface area contributed by atoms with Crippen LogP contribution in [-0.4, -0.2) is 37.9 Å². The predicted octanol–water partition coefficient (Wildman–Crippen LogP) is -0.0316. The topological polar surface area (TPSA) is 74.8 Å². The summed E-state index contributed by atoms with van der Waals surface area (Å²) < 4.78 is 0. The summed E-state index contributed by atoms with van der Waals surface area (Å²) in [5, 5.41) is 6.56. The molecule has 0 bridgehead atoms. The fourth-order valence-electron chi connectivity index (χ4n) is 2.12. The van der Waals surface area contributed by atoms with Gasteiger partial charge in [-0.25, -0.2) is 0 Å². The summed E-state index contributed by atoms with van der Waals surface area (Å²) in [5.74, 6) is 1.86. The number of nitrogens with zero attached hydrogens (tertiary/aromatic N) is 2. The van der Waals surface area contributed by atoms with E-state index in [-0.39, 0.29) is 0 Å². The van der Waals surface area contributed by atoms with Crippen LogP contribution in [0.5, 0.6) is 0 Å². The Morgan fingerprint density at radius 1 is 0.941 bits per heavy atom. The molecule has 2 heterocycles. The van der Waals surface area contributed by atoms with E-state index in [1.165, 1.54) is 0 Å². The number of anilines is 1. The zero-order valence-electron chi connectivity index (χ0n) is 9.53. The van der Waals surface area contributed by atoms with Crippen LogP contribution in [-0.2, 0) is 0 Å². The van der Waals surface area contributed by atoms with Crippen LogP contribution in [0.4, 0.5) is 5.69 Å². The summed E-state index contributed by atoms with van der Waals surface area (Å²) in [6.45, 7) is 3.45. The second-order valence-electron chi connectivity index (χ2n) is 4.12. The zero-order chi connectivity index (χ0) is 11.7. The fourth-order valence-corrected chi connectivity index (χ4v) is 2.12. The van der Waals surface area contributed by atoms with Crippen molar-refractivity contribution in [2.24, 2.45) is 9.98 Å². The maximum absolute atomic E-state index is 5.85. The molecule has 0 saturated carbocycles. The number of amidine groups is 2. The second kappa shape index (κ2) is 4.08. The Labute approximate surface area is 99.8 Å². The van der Waals surface area contributed by atoms with Gasteiger partial charge in [0.1, 0.15) is 11.7 Å². The third-order valence-electron chi connectivity index (χ3n) is 2.90. The number of nitrogen functional groups attached to an aromatic ring is 1. The van der Waals surface area contributed by atoms with Crippen LogP contribution in [0, 0.1) is 0 Å². The molecule has 0 atom stereocenters. The standard InChI is InChI=1S/C12H15N5/c13-8-1-2-9(11-14-3-4-15-11)10(7-8)12-16-5-6-17-12/h1-2,7H,3-6,13H2,(H,14,15)(H,16,17). The number of hydrogen-bond donors (Lipinski definition) is 3. The monoisotopic (exact) mass is 229 g/mol. The number of aliphatic imine (C=N–C) groups is 2. The van der Waals surface area contributed by atoms with Crippen molar-refractivity contribution in [1.29, 1.82) is 0 Å². The third kappa shape index (κ3) is 1.84. The molecule has 0 radical (unpaired) electrons. The van der Waals surface area contributed by atoms with Crippen molar-refractivity contribution in [3.05, 3.63) is 29.3 Å². The quantitative estimate of drug-likeness (QED) is 0.623. The number of nitrogens with two attached hydrogens (primary N) is 1. The minimum atomic E-state index is 0.749. The first kappa shape index (κ1) is 10.1. The molecule has 1 aromatic rings. The molecule has 17 heavy (non-hydrogen) atoms. The summed E-state index contributed by atoms with van der Waals surface area (Å²) in [6, 6.07) is 5.86. The van der Waals surface area contributed by atoms with Crippen LogP contribution in [0.2, 0.25) is 0 Å². The SMILES string of the molecule is Nc1ccc(C2=NCCN2)c(C2=NCCN2)c1. The van der Waals surface area contributed by atoms with Gasteiger partial charge in [0, 0.05) is 29.9 Å². The highest BCUT2D eigenvalue weighted by molar-refractivity contribution is 6.12. The van der Waals surface area contributed by atoms with Gasteiger partial charge < -0.3 is 16.4 Å². The van der Waals surface area contributed by atoms with Crippen LogP contribution < -0.4 is 16.4 Å². The highest BCUT2D eigenvalue weighted by atomic mass is 15.1. The molecule has 1 aromatic carbocycles. The lowest BCUT2D eigenvalue weighted by atomic mass is 10.0. The van der Waals surface area contributed by atoms with Crippen LogP contribution >= 0.6 is 0 Å². The van der Waals surface area contributed by atoms with Gasteiger partial charge in [-0.2, -0.15) is 0 Å². The van der Waals surface area contributed by atoms with Crippen LogP contribution in [0.3, 0.4) is 0 Å². The lowest BCUT2D eigenvalue weighted by Crippen LogP contribution is -2.26. The lowest BCUT2D eigenvalue weighted by molar-refractivity contribution is 0.958. The van der Waals surface area contributed by atoms with Gasteiger partial charge in [0.05, 0.1) is 13.1 Å². The molecule has 3 rings (SSSR count). The summed E-state index contributed by atoms with van der Waals surface area (Å²) in [7, 11) is 0. The van der Waals surface area contributed by atoms with Crippen LogP contribution in [0.1, 0.15) is 11.1 Å². The Morgan fingerprint density at radius 2 is 1.59 bits per heavy atom. The smallest absolute Gasteiger partial charge is 0.129 e. The van der Waals surface area contributed by atoms with E-state index in [4.69, 9.17) is 5.73 Å². The Kier molecular flexibility index (Phi) is 2.44. The molecule has 0 aromatic heterocycles. The van der Waals surface area contributed by atoms with Gasteiger partial charge in [-0.1, -0.05) is 0 Å². The minimum Gasteiger partial charge on any atom is -0.399 e. The highest BCUT2D eigenvalue weighted by Crippen LogP contribution is 2.16. The highest BCUT2D eigenvalue weighted by Gasteiger charge is 2.18. The molecule has 0 aliphatic carbocycles. The second-order valence-corrected chi connectivity index (χ2v) is 4.12. The Hall–Kier alpha value is -2.04. The molecular weight excluding hydrogens is 214 g/mol. The summed E-state index contributed by atoms with van der Waals surface area (Å²) in [6.07, 6.45) is 0. The molecular formula is C12H15N5. The maximum atomic E-state index is 5.85. The molecule has 4 N–H and O–H groups in total. The zero-order valence-corrected chi connectivity index (χ0v) is 9.53. The lowest BCUT2D eigenvalue weighted by Gasteiger charge is -2.11. The van der Waals surface area contributed by atoms with Crippen molar-refractivity contribution in [3.63, 3.8) is 0 Å². The van der Waals surface area contributed by atoms with Gasteiger partial charge in [-0.3, -0.25) is 9.98 Å². The number of rotatable bonds is 2. The van der Waals surface area contributed by atoms with Crippen LogP contribution in [0.15, 0.2) is 28.2 Å². The van der Waals surface area contributed by atoms with E-state index in [0.717, 1.165) is 54.7 Å². The molecule has 0 saturated heterocycles. The van der Waals surface area contributed by atoms with E-state index in [1.807, 2.05) is 18.2 Å². The Bertz CT molecular complexity index is 504. The molecule has 0 spiro atoms. The van der Waals surface area contributed by atoms with E-state index in [2.05, 4.69) is 20.6 Å². The number of nitrogens with one attached hydrogen (secondary N) is 2. The van der Waals surface area contributed by atoms with Crippen molar-refractivity contribution in [2.75, 3.05) is 31.9 Å². The summed E-state index contributed by atoms with van der Waals surface area (Å²) >= 11 is 0. The predicted molar refractivity (Wildman–Crippen MR) is 69.7 cm³/mol. The van der Waals surface area contributed by atoms with E-state index in [0.29, 0.717) is 0 Å². The summed E-state index contributed by atoms with van der Waals surface area (Å²) in [5.41, 5.74) is 8.71. The van der Waals surface area contributed by atoms with Gasteiger partial charge in [0.15, 0.2) is 0 Å². The Balaban J connectivity index is 2.07. The van der Waals surface area contributed by atoms with E-state index in [1.54, 1.807) is 0 Å². The first-order chi connectivity index (χ1) is 8.34. The van der Waals surface area contributed by atoms with Crippen molar-refractivity contribution < 1.29 is 0 Å². The molecule has 5 heteroatoms. The first-order valence-corrected chi connectivity index (χ1v) is 5.81. The van der Waals surface area contributed by atoms with Gasteiger partial charge in [-0.15, -0.1) is 0 Å². The molecule has 88 valence electrons. The molecule has 0 fully saturated rings. The molecule has 0 unspecified atom stereocenters. The number of hydrogen-bond acceptors (Lipinski definition) is 5. The van der Waals surface area contributed by atoms with E-state index >= 15 is 0 Å². The largest absolute Gasteiger partial charge is 0.399 e. The number of benzene rings is 1. The van der Waals surface area contributed by atoms with E-state index in [9.17, 15) is 0 Å². The summed E-state index contributed by atoms with van der Waals surface area (Å²) in [4.78, 5) is 8.90. The van der Waals surface area contributed by atoms with Crippen molar-refractivity contribution in [3.8, 4) is 0 Å². The van der Waals surface area contributed by atoms with Gasteiger partial charge in [0.25, 0.3) is 0 Å². The molecule has 0 amide bonds. The van der Waals surface area contributed by atoms with Gasteiger partial charge in [0.2, 0.25) is 0 Å². The van der Waals surface area contributed by atoms with Gasteiger partial charge in [-0.05, 0) is 18.2 Å². The Morgan fingerprint density at radius 3 is 2.18 bits per heavy atom. The minimum absolute atomic E-state index is 0.749. The molecule has 2 aliphatic heterocycles. The van der Waals surface area contributed by atoms with Gasteiger partial charge >= 0.3 is 0 Å². The fraction of sp³-hybridized carbons (Fsp3) is 0.333. The average molecular weight is 229 g/mol. The first-order valence-electron chi connectivity index (χ1n) is 5.81. The van der Waals surface area contributed by atoms with Crippen molar-refractivity contribution >= 4 is 17.4 Å². The maximum Gasteiger partial charge on any atom is 0.129 e. The third-order valence-corrected chi connectivity index (χ3v) is 2.90.